The summed E-state index contributed by atoms with van der Waals surface area (Å²) in [5.74, 6) is 0.00630. The Hall–Kier alpha value is -1.85. The van der Waals surface area contributed by atoms with Crippen molar-refractivity contribution in [3.05, 3.63) is 53.6 Å². The van der Waals surface area contributed by atoms with Gasteiger partial charge in [0.05, 0.1) is 4.90 Å². The molecule has 0 atom stereocenters. The maximum Gasteiger partial charge on any atom is 0.261 e. The highest BCUT2D eigenvalue weighted by Crippen LogP contribution is 2.28. The highest BCUT2D eigenvalue weighted by Gasteiger charge is 2.24. The number of nitrogens with zero attached hydrogens (tertiary/aromatic N) is 1. The largest absolute Gasteiger partial charge is 0.337 e. The maximum absolute atomic E-state index is 12.0. The highest BCUT2D eigenvalue weighted by molar-refractivity contribution is 8.13. The van der Waals surface area contributed by atoms with Crippen molar-refractivity contribution in [2.45, 2.75) is 11.4 Å². The molecular formula is C15H12ClNO3S. The Labute approximate surface area is 127 Å². The van der Waals surface area contributed by atoms with Gasteiger partial charge in [0.25, 0.3) is 15.0 Å². The number of carbonyl (C=O) groups is 1. The molecule has 0 spiro atoms. The van der Waals surface area contributed by atoms with Crippen LogP contribution in [0.25, 0.3) is 11.1 Å². The van der Waals surface area contributed by atoms with Crippen LogP contribution in [0.5, 0.6) is 0 Å². The van der Waals surface area contributed by atoms with E-state index in [-0.39, 0.29) is 10.8 Å². The van der Waals surface area contributed by atoms with Crippen LogP contribution in [0.2, 0.25) is 0 Å². The lowest BCUT2D eigenvalue weighted by molar-refractivity contribution is 0.0816. The van der Waals surface area contributed by atoms with Gasteiger partial charge in [0, 0.05) is 29.8 Å². The van der Waals surface area contributed by atoms with E-state index in [2.05, 4.69) is 0 Å². The summed E-state index contributed by atoms with van der Waals surface area (Å²) in [6, 6.07) is 12.0. The quantitative estimate of drug-likeness (QED) is 0.799. The van der Waals surface area contributed by atoms with Gasteiger partial charge in [0.1, 0.15) is 0 Å². The highest BCUT2D eigenvalue weighted by atomic mass is 35.7. The van der Waals surface area contributed by atoms with Crippen molar-refractivity contribution >= 4 is 25.6 Å². The molecule has 4 nitrogen and oxygen atoms in total. The lowest BCUT2D eigenvalue weighted by Crippen LogP contribution is -2.17. The molecule has 0 aromatic heterocycles. The van der Waals surface area contributed by atoms with E-state index in [4.69, 9.17) is 10.7 Å². The Morgan fingerprint density at radius 3 is 2.29 bits per heavy atom. The zero-order valence-electron chi connectivity index (χ0n) is 11.2. The SMILES string of the molecule is CN1Cc2ccc(-c3ccc(S(=O)(=O)Cl)cc3)cc2C1=O. The van der Waals surface area contributed by atoms with Gasteiger partial charge in [-0.3, -0.25) is 4.79 Å². The van der Waals surface area contributed by atoms with Crippen LogP contribution in [-0.2, 0) is 15.6 Å². The number of rotatable bonds is 2. The minimum absolute atomic E-state index is 0.00630. The van der Waals surface area contributed by atoms with Gasteiger partial charge < -0.3 is 4.90 Å². The summed E-state index contributed by atoms with van der Waals surface area (Å²) >= 11 is 0. The van der Waals surface area contributed by atoms with Gasteiger partial charge in [-0.2, -0.15) is 0 Å². The Bertz CT molecular complexity index is 828. The lowest BCUT2D eigenvalue weighted by atomic mass is 10.0. The Kier molecular flexibility index (Phi) is 3.26. The molecule has 0 bridgehead atoms. The molecule has 21 heavy (non-hydrogen) atoms. The Morgan fingerprint density at radius 2 is 1.67 bits per heavy atom. The molecule has 1 aliphatic rings. The second-order valence-electron chi connectivity index (χ2n) is 5.00. The monoisotopic (exact) mass is 321 g/mol. The van der Waals surface area contributed by atoms with E-state index in [1.54, 1.807) is 24.1 Å². The second-order valence-corrected chi connectivity index (χ2v) is 7.56. The minimum atomic E-state index is -3.72. The molecule has 0 aliphatic carbocycles. The van der Waals surface area contributed by atoms with Crippen molar-refractivity contribution in [3.63, 3.8) is 0 Å². The average molecular weight is 322 g/mol. The van der Waals surface area contributed by atoms with Crippen molar-refractivity contribution in [1.82, 2.24) is 4.90 Å². The topological polar surface area (TPSA) is 54.5 Å². The van der Waals surface area contributed by atoms with Crippen LogP contribution in [-0.4, -0.2) is 26.3 Å². The van der Waals surface area contributed by atoms with Crippen molar-refractivity contribution in [2.75, 3.05) is 7.05 Å². The van der Waals surface area contributed by atoms with E-state index in [1.165, 1.54) is 12.1 Å². The Morgan fingerprint density at radius 1 is 1.05 bits per heavy atom. The van der Waals surface area contributed by atoms with Gasteiger partial charge in [0.15, 0.2) is 0 Å². The van der Waals surface area contributed by atoms with Crippen LogP contribution in [0.4, 0.5) is 0 Å². The average Bonchev–Trinajstić information content (AvgIpc) is 2.73. The predicted molar refractivity (Wildman–Crippen MR) is 80.7 cm³/mol. The minimum Gasteiger partial charge on any atom is -0.337 e. The molecule has 0 saturated carbocycles. The molecule has 3 rings (SSSR count). The fourth-order valence-electron chi connectivity index (χ4n) is 2.44. The molecule has 0 saturated heterocycles. The smallest absolute Gasteiger partial charge is 0.261 e. The van der Waals surface area contributed by atoms with E-state index in [0.29, 0.717) is 12.1 Å². The van der Waals surface area contributed by atoms with E-state index < -0.39 is 9.05 Å². The van der Waals surface area contributed by atoms with Crippen molar-refractivity contribution < 1.29 is 13.2 Å². The van der Waals surface area contributed by atoms with Gasteiger partial charge in [-0.05, 0) is 34.9 Å². The van der Waals surface area contributed by atoms with Gasteiger partial charge in [0.2, 0.25) is 0 Å². The molecule has 1 heterocycles. The van der Waals surface area contributed by atoms with E-state index in [9.17, 15) is 13.2 Å². The first kappa shape index (κ1) is 14.1. The van der Waals surface area contributed by atoms with Crippen LogP contribution in [0, 0.1) is 0 Å². The van der Waals surface area contributed by atoms with Crippen molar-refractivity contribution in [3.8, 4) is 11.1 Å². The van der Waals surface area contributed by atoms with Crippen molar-refractivity contribution in [1.29, 1.82) is 0 Å². The van der Waals surface area contributed by atoms with Gasteiger partial charge in [-0.25, -0.2) is 8.42 Å². The summed E-state index contributed by atoms with van der Waals surface area (Å²) in [5.41, 5.74) is 3.41. The number of amides is 1. The summed E-state index contributed by atoms with van der Waals surface area (Å²) in [7, 11) is 3.34. The van der Waals surface area contributed by atoms with E-state index in [1.807, 2.05) is 18.2 Å². The Balaban J connectivity index is 2.01. The summed E-state index contributed by atoms with van der Waals surface area (Å²) in [6.07, 6.45) is 0. The first-order valence-electron chi connectivity index (χ1n) is 6.30. The first-order valence-corrected chi connectivity index (χ1v) is 8.61. The molecule has 0 unspecified atom stereocenters. The molecule has 1 aliphatic heterocycles. The number of benzene rings is 2. The second kappa shape index (κ2) is 4.86. The van der Waals surface area contributed by atoms with Crippen LogP contribution >= 0.6 is 10.7 Å². The standard InChI is InChI=1S/C15H12ClNO3S/c1-17-9-12-3-2-11(8-14(12)15(17)18)10-4-6-13(7-5-10)21(16,19)20/h2-8H,9H2,1H3. The lowest BCUT2D eigenvalue weighted by Gasteiger charge is -2.05. The molecule has 0 radical (unpaired) electrons. The van der Waals surface area contributed by atoms with Gasteiger partial charge in [-0.15, -0.1) is 0 Å². The summed E-state index contributed by atoms with van der Waals surface area (Å²) in [4.78, 5) is 13.7. The number of carbonyl (C=O) groups excluding carboxylic acids is 1. The number of hydrogen-bond acceptors (Lipinski definition) is 3. The fraction of sp³-hybridized carbons (Fsp3) is 0.133. The normalized spacial score (nSPS) is 14.4. The summed E-state index contributed by atoms with van der Waals surface area (Å²) in [5, 5.41) is 0. The third-order valence-electron chi connectivity index (χ3n) is 3.56. The van der Waals surface area contributed by atoms with E-state index >= 15 is 0 Å². The molecule has 2 aromatic rings. The van der Waals surface area contributed by atoms with Crippen molar-refractivity contribution in [2.24, 2.45) is 0 Å². The van der Waals surface area contributed by atoms with Crippen LogP contribution in [0.3, 0.4) is 0 Å². The third kappa shape index (κ3) is 2.54. The summed E-state index contributed by atoms with van der Waals surface area (Å²) in [6.45, 7) is 0.623. The van der Waals surface area contributed by atoms with Gasteiger partial charge >= 0.3 is 0 Å². The third-order valence-corrected chi connectivity index (χ3v) is 4.93. The number of hydrogen-bond donors (Lipinski definition) is 0. The summed E-state index contributed by atoms with van der Waals surface area (Å²) < 4.78 is 22.5. The molecule has 2 aromatic carbocycles. The number of halogens is 1. The predicted octanol–water partition coefficient (Wildman–Crippen LogP) is 2.87. The zero-order valence-corrected chi connectivity index (χ0v) is 12.8. The first-order chi connectivity index (χ1) is 9.86. The molecule has 1 amide bonds. The van der Waals surface area contributed by atoms with Crippen LogP contribution < -0.4 is 0 Å². The number of fused-ring (bicyclic) bond motifs is 1. The fourth-order valence-corrected chi connectivity index (χ4v) is 3.21. The maximum atomic E-state index is 12.0. The van der Waals surface area contributed by atoms with Crippen LogP contribution in [0.15, 0.2) is 47.4 Å². The zero-order chi connectivity index (χ0) is 15.2. The van der Waals surface area contributed by atoms with Gasteiger partial charge in [-0.1, -0.05) is 24.3 Å². The molecular weight excluding hydrogens is 310 g/mol. The molecule has 0 N–H and O–H groups in total. The molecule has 6 heteroatoms. The van der Waals surface area contributed by atoms with Crippen LogP contribution in [0.1, 0.15) is 15.9 Å². The van der Waals surface area contributed by atoms with E-state index in [0.717, 1.165) is 16.7 Å². The molecule has 108 valence electrons. The molecule has 0 fully saturated rings.